The fourth-order valence-electron chi connectivity index (χ4n) is 3.67. The first-order valence-corrected chi connectivity index (χ1v) is 10.4. The number of rotatable bonds is 9. The van der Waals surface area contributed by atoms with Crippen molar-refractivity contribution in [3.8, 4) is 11.5 Å². The molecule has 0 unspecified atom stereocenters. The van der Waals surface area contributed by atoms with Crippen molar-refractivity contribution in [1.29, 1.82) is 0 Å². The number of alkyl halides is 2. The minimum absolute atomic E-state index is 0.0235. The molecule has 31 heavy (non-hydrogen) atoms. The van der Waals surface area contributed by atoms with Crippen LogP contribution in [-0.4, -0.2) is 43.2 Å². The summed E-state index contributed by atoms with van der Waals surface area (Å²) in [7, 11) is 0. The molecule has 0 spiro atoms. The van der Waals surface area contributed by atoms with Crippen molar-refractivity contribution >= 4 is 17.4 Å². The highest BCUT2D eigenvalue weighted by Gasteiger charge is 2.23. The van der Waals surface area contributed by atoms with Crippen LogP contribution in [0.4, 0.5) is 20.3 Å². The number of carbonyl (C=O) groups is 1. The quantitative estimate of drug-likeness (QED) is 0.625. The van der Waals surface area contributed by atoms with Gasteiger partial charge in [-0.3, -0.25) is 4.79 Å². The average molecular weight is 434 g/mol. The van der Waals surface area contributed by atoms with Gasteiger partial charge in [-0.25, -0.2) is 4.98 Å². The van der Waals surface area contributed by atoms with E-state index in [2.05, 4.69) is 25.3 Å². The zero-order valence-corrected chi connectivity index (χ0v) is 17.7. The molecule has 1 amide bonds. The second-order valence-electron chi connectivity index (χ2n) is 7.28. The molecular weight excluding hydrogens is 406 g/mol. The molecule has 1 aromatic heterocycles. The van der Waals surface area contributed by atoms with Crippen molar-refractivity contribution in [2.75, 3.05) is 29.9 Å². The van der Waals surface area contributed by atoms with E-state index in [4.69, 9.17) is 4.74 Å². The number of hydrogen-bond donors (Lipinski definition) is 2. The van der Waals surface area contributed by atoms with E-state index in [1.807, 2.05) is 6.07 Å². The van der Waals surface area contributed by atoms with E-state index in [1.54, 1.807) is 31.3 Å². The van der Waals surface area contributed by atoms with Crippen LogP contribution in [0.15, 0.2) is 36.5 Å². The van der Waals surface area contributed by atoms with Crippen molar-refractivity contribution < 1.29 is 23.0 Å². The topological polar surface area (TPSA) is 75.7 Å². The first-order chi connectivity index (χ1) is 15.0. The molecule has 7 nitrogen and oxygen atoms in total. The minimum atomic E-state index is -2.91. The lowest BCUT2D eigenvalue weighted by molar-refractivity contribution is -0.114. The van der Waals surface area contributed by atoms with Crippen molar-refractivity contribution in [3.05, 3.63) is 42.1 Å². The lowest BCUT2D eigenvalue weighted by Gasteiger charge is -2.36. The highest BCUT2D eigenvalue weighted by molar-refractivity contribution is 5.87. The first kappa shape index (κ1) is 22.7. The molecule has 1 aliphatic heterocycles. The van der Waals surface area contributed by atoms with Crippen LogP contribution < -0.4 is 25.0 Å². The third-order valence-electron chi connectivity index (χ3n) is 5.01. The molecule has 0 bridgehead atoms. The predicted molar refractivity (Wildman–Crippen MR) is 115 cm³/mol. The van der Waals surface area contributed by atoms with Gasteiger partial charge in [0.1, 0.15) is 5.82 Å². The number of halogens is 2. The van der Waals surface area contributed by atoms with Crippen molar-refractivity contribution in [2.45, 2.75) is 45.9 Å². The van der Waals surface area contributed by atoms with Crippen LogP contribution >= 0.6 is 0 Å². The molecule has 3 rings (SSSR count). The van der Waals surface area contributed by atoms with E-state index in [0.29, 0.717) is 30.8 Å². The second kappa shape index (κ2) is 10.9. The van der Waals surface area contributed by atoms with Gasteiger partial charge in [-0.15, -0.1) is 0 Å². The van der Waals surface area contributed by atoms with Crippen LogP contribution in [0.2, 0.25) is 0 Å². The van der Waals surface area contributed by atoms with Gasteiger partial charge in [-0.05, 0) is 62.7 Å². The standard InChI is InChI=1S/C22H28F2N4O3/c1-3-30-20-12-16(4-6-19(20)31-22(23)24)14-28(17-8-10-25-11-9-17)18-5-7-21(26-13-18)27-15(2)29/h4-7,12-13,17,22,25H,3,8-11,14H2,1-2H3,(H,26,27,29). The number of nitrogens with zero attached hydrogens (tertiary/aromatic N) is 2. The number of nitrogens with one attached hydrogen (secondary N) is 2. The number of amides is 1. The Morgan fingerprint density at radius 3 is 2.65 bits per heavy atom. The summed E-state index contributed by atoms with van der Waals surface area (Å²) in [6, 6.07) is 9.03. The lowest BCUT2D eigenvalue weighted by atomic mass is 10.0. The summed E-state index contributed by atoms with van der Waals surface area (Å²) in [5.41, 5.74) is 1.83. The number of benzene rings is 1. The van der Waals surface area contributed by atoms with Crippen LogP contribution in [-0.2, 0) is 11.3 Å². The van der Waals surface area contributed by atoms with Crippen LogP contribution in [0.5, 0.6) is 11.5 Å². The summed E-state index contributed by atoms with van der Waals surface area (Å²) in [5.74, 6) is 0.638. The van der Waals surface area contributed by atoms with Gasteiger partial charge in [0, 0.05) is 19.5 Å². The van der Waals surface area contributed by atoms with Gasteiger partial charge in [0.2, 0.25) is 5.91 Å². The second-order valence-corrected chi connectivity index (χ2v) is 7.28. The Morgan fingerprint density at radius 2 is 2.03 bits per heavy atom. The largest absolute Gasteiger partial charge is 0.490 e. The zero-order chi connectivity index (χ0) is 22.2. The molecular formula is C22H28F2N4O3. The van der Waals surface area contributed by atoms with E-state index < -0.39 is 6.61 Å². The van der Waals surface area contributed by atoms with Gasteiger partial charge >= 0.3 is 6.61 Å². The Hall–Kier alpha value is -2.94. The molecule has 9 heteroatoms. The van der Waals surface area contributed by atoms with Crippen molar-refractivity contribution in [3.63, 3.8) is 0 Å². The van der Waals surface area contributed by atoms with Gasteiger partial charge in [0.05, 0.1) is 18.5 Å². The summed E-state index contributed by atoms with van der Waals surface area (Å²) in [5, 5.41) is 6.04. The SMILES string of the molecule is CCOc1cc(CN(c2ccc(NC(C)=O)nc2)C2CCNCC2)ccc1OC(F)F. The fourth-order valence-corrected chi connectivity index (χ4v) is 3.67. The van der Waals surface area contributed by atoms with E-state index in [0.717, 1.165) is 37.2 Å². The fraction of sp³-hybridized carbons (Fsp3) is 0.455. The number of carbonyl (C=O) groups excluding carboxylic acids is 1. The molecule has 2 heterocycles. The molecule has 1 aliphatic rings. The summed E-state index contributed by atoms with van der Waals surface area (Å²) < 4.78 is 35.5. The Bertz CT molecular complexity index is 858. The third-order valence-corrected chi connectivity index (χ3v) is 5.01. The van der Waals surface area contributed by atoms with Crippen LogP contribution in [0.3, 0.4) is 0 Å². The number of piperidine rings is 1. The molecule has 168 valence electrons. The summed E-state index contributed by atoms with van der Waals surface area (Å²) in [4.78, 5) is 17.9. The highest BCUT2D eigenvalue weighted by atomic mass is 19.3. The van der Waals surface area contributed by atoms with E-state index in [9.17, 15) is 13.6 Å². The average Bonchev–Trinajstić information content (AvgIpc) is 2.74. The number of anilines is 2. The zero-order valence-electron chi connectivity index (χ0n) is 17.7. The minimum Gasteiger partial charge on any atom is -0.490 e. The van der Waals surface area contributed by atoms with Gasteiger partial charge in [0.25, 0.3) is 0 Å². The van der Waals surface area contributed by atoms with Gasteiger partial charge in [-0.1, -0.05) is 6.07 Å². The monoisotopic (exact) mass is 434 g/mol. The molecule has 0 aliphatic carbocycles. The van der Waals surface area contributed by atoms with Gasteiger partial charge in [-0.2, -0.15) is 8.78 Å². The number of ether oxygens (including phenoxy) is 2. The lowest BCUT2D eigenvalue weighted by Crippen LogP contribution is -2.43. The Balaban J connectivity index is 1.86. The molecule has 2 aromatic rings. The molecule has 1 saturated heterocycles. The van der Waals surface area contributed by atoms with Crippen LogP contribution in [0.25, 0.3) is 0 Å². The van der Waals surface area contributed by atoms with E-state index in [-0.39, 0.29) is 11.7 Å². The van der Waals surface area contributed by atoms with Gasteiger partial charge < -0.3 is 25.0 Å². The molecule has 0 radical (unpaired) electrons. The first-order valence-electron chi connectivity index (χ1n) is 10.4. The number of hydrogen-bond acceptors (Lipinski definition) is 6. The predicted octanol–water partition coefficient (Wildman–Crippen LogP) is 3.80. The summed E-state index contributed by atoms with van der Waals surface area (Å²) in [6.07, 6.45) is 3.68. The summed E-state index contributed by atoms with van der Waals surface area (Å²) in [6.45, 7) is 3.06. The maximum absolute atomic E-state index is 12.7. The third kappa shape index (κ3) is 6.52. The smallest absolute Gasteiger partial charge is 0.387 e. The van der Waals surface area contributed by atoms with Crippen LogP contribution in [0.1, 0.15) is 32.3 Å². The maximum Gasteiger partial charge on any atom is 0.387 e. The van der Waals surface area contributed by atoms with E-state index >= 15 is 0 Å². The summed E-state index contributed by atoms with van der Waals surface area (Å²) >= 11 is 0. The maximum atomic E-state index is 12.7. The normalized spacial score (nSPS) is 14.4. The molecule has 0 atom stereocenters. The van der Waals surface area contributed by atoms with E-state index in [1.165, 1.54) is 13.0 Å². The molecule has 1 aromatic carbocycles. The number of pyridine rings is 1. The Morgan fingerprint density at radius 1 is 1.26 bits per heavy atom. The Labute approximate surface area is 180 Å². The van der Waals surface area contributed by atoms with Crippen molar-refractivity contribution in [2.24, 2.45) is 0 Å². The van der Waals surface area contributed by atoms with Crippen molar-refractivity contribution in [1.82, 2.24) is 10.3 Å². The molecule has 1 fully saturated rings. The van der Waals surface area contributed by atoms with Crippen LogP contribution in [0, 0.1) is 0 Å². The highest BCUT2D eigenvalue weighted by Crippen LogP contribution is 2.32. The number of aromatic nitrogens is 1. The Kier molecular flexibility index (Phi) is 8.00. The molecule has 2 N–H and O–H groups in total. The molecule has 0 saturated carbocycles. The van der Waals surface area contributed by atoms with Gasteiger partial charge in [0.15, 0.2) is 11.5 Å².